The zero-order chi connectivity index (χ0) is 26.2. The first-order valence-corrected chi connectivity index (χ1v) is 12.6. The van der Waals surface area contributed by atoms with E-state index in [4.69, 9.17) is 9.90 Å². The Balaban J connectivity index is 0.000000540. The number of sulfonamides is 1. The minimum atomic E-state index is -5.08. The molecular formula is C21H30F4N4O5S. The van der Waals surface area contributed by atoms with Crippen molar-refractivity contribution >= 4 is 21.9 Å². The molecular weight excluding hydrogens is 496 g/mol. The summed E-state index contributed by atoms with van der Waals surface area (Å²) in [5.74, 6) is -3.43. The van der Waals surface area contributed by atoms with Crippen LogP contribution in [0.1, 0.15) is 19.8 Å². The fourth-order valence-corrected chi connectivity index (χ4v) is 5.35. The lowest BCUT2D eigenvalue weighted by molar-refractivity contribution is -0.192. The maximum Gasteiger partial charge on any atom is 0.490 e. The van der Waals surface area contributed by atoms with E-state index in [0.29, 0.717) is 26.2 Å². The number of carbonyl (C=O) groups excluding carboxylic acids is 1. The van der Waals surface area contributed by atoms with E-state index in [1.807, 2.05) is 0 Å². The van der Waals surface area contributed by atoms with Crippen LogP contribution >= 0.6 is 0 Å². The predicted molar refractivity (Wildman–Crippen MR) is 119 cm³/mol. The number of alkyl halides is 3. The molecule has 0 spiro atoms. The van der Waals surface area contributed by atoms with Crippen LogP contribution < -0.4 is 5.32 Å². The summed E-state index contributed by atoms with van der Waals surface area (Å²) < 4.78 is 72.8. The molecule has 1 aromatic carbocycles. The number of likely N-dealkylation sites (N-methyl/N-ethyl adjacent to an activating group) is 1. The van der Waals surface area contributed by atoms with Crippen molar-refractivity contribution < 1.29 is 40.7 Å². The van der Waals surface area contributed by atoms with Gasteiger partial charge in [0.05, 0.1) is 11.4 Å². The molecule has 0 bridgehead atoms. The van der Waals surface area contributed by atoms with Gasteiger partial charge in [-0.1, -0.05) is 6.92 Å². The monoisotopic (exact) mass is 526 g/mol. The smallest absolute Gasteiger partial charge is 0.475 e. The van der Waals surface area contributed by atoms with Gasteiger partial charge in [0, 0.05) is 38.8 Å². The Labute approximate surface area is 201 Å². The number of nitrogens with zero attached hydrogens (tertiary/aromatic N) is 3. The van der Waals surface area contributed by atoms with Crippen LogP contribution in [0.4, 0.5) is 17.6 Å². The molecule has 2 aliphatic heterocycles. The number of likely N-dealkylation sites (tertiary alicyclic amines) is 1. The lowest BCUT2D eigenvalue weighted by atomic mass is 10.2. The number of carboxylic acids is 1. The summed E-state index contributed by atoms with van der Waals surface area (Å²) in [6, 6.07) is 4.89. The van der Waals surface area contributed by atoms with Crippen LogP contribution in [0.25, 0.3) is 0 Å². The van der Waals surface area contributed by atoms with Crippen LogP contribution in [0.2, 0.25) is 0 Å². The first kappa shape index (κ1) is 28.9. The Morgan fingerprint density at radius 3 is 2.23 bits per heavy atom. The Kier molecular flexibility index (Phi) is 10.4. The SMILES string of the molecule is CCN1CCCC1CN(CC(=O)N1CCNCC1)S(=O)(=O)c1ccc(F)cc1.O=C(O)C(F)(F)F. The standard InChI is InChI=1S/C19H29FN4O3S.C2HF3O2/c1-2-22-11-3-4-17(22)14-24(15-19(25)23-12-9-21-10-13-23)28(26,27)18-7-5-16(20)6-8-18;3-2(4,5)1(6)7/h5-8,17,21H,2-4,9-15H2,1H3;(H,6,7). The number of hydrogen-bond acceptors (Lipinski definition) is 6. The van der Waals surface area contributed by atoms with Crippen molar-refractivity contribution in [3.63, 3.8) is 0 Å². The van der Waals surface area contributed by atoms with Gasteiger partial charge in [0.25, 0.3) is 0 Å². The number of benzene rings is 1. The highest BCUT2D eigenvalue weighted by molar-refractivity contribution is 7.89. The molecule has 1 amide bonds. The minimum absolute atomic E-state index is 0.0167. The van der Waals surface area contributed by atoms with Crippen LogP contribution in [0.15, 0.2) is 29.2 Å². The summed E-state index contributed by atoms with van der Waals surface area (Å²) in [6.45, 7) is 6.51. The van der Waals surface area contributed by atoms with Crippen molar-refractivity contribution in [3.05, 3.63) is 30.1 Å². The number of carboxylic acid groups (broad SMARTS) is 1. The number of nitrogens with one attached hydrogen (secondary N) is 1. The molecule has 0 aliphatic carbocycles. The quantitative estimate of drug-likeness (QED) is 0.517. The van der Waals surface area contributed by atoms with Gasteiger partial charge >= 0.3 is 12.1 Å². The summed E-state index contributed by atoms with van der Waals surface area (Å²) >= 11 is 0. The largest absolute Gasteiger partial charge is 0.490 e. The number of carbonyl (C=O) groups is 2. The number of amides is 1. The number of piperazine rings is 1. The van der Waals surface area contributed by atoms with Gasteiger partial charge in [0.1, 0.15) is 5.82 Å². The maximum absolute atomic E-state index is 13.3. The van der Waals surface area contributed by atoms with Crippen molar-refractivity contribution in [3.8, 4) is 0 Å². The van der Waals surface area contributed by atoms with E-state index in [2.05, 4.69) is 17.1 Å². The molecule has 14 heteroatoms. The molecule has 2 N–H and O–H groups in total. The van der Waals surface area contributed by atoms with Gasteiger partial charge < -0.3 is 15.3 Å². The Hall–Kier alpha value is -2.29. The third kappa shape index (κ3) is 8.40. The van der Waals surface area contributed by atoms with Crippen LogP contribution in [-0.2, 0) is 19.6 Å². The number of aliphatic carboxylic acids is 1. The van der Waals surface area contributed by atoms with Crippen LogP contribution in [0, 0.1) is 5.82 Å². The molecule has 0 radical (unpaired) electrons. The van der Waals surface area contributed by atoms with Crippen LogP contribution in [-0.4, -0.2) is 104 Å². The predicted octanol–water partition coefficient (Wildman–Crippen LogP) is 1.37. The third-order valence-electron chi connectivity index (χ3n) is 5.79. The van der Waals surface area contributed by atoms with Gasteiger partial charge in [-0.25, -0.2) is 17.6 Å². The van der Waals surface area contributed by atoms with Crippen molar-refractivity contribution in [2.24, 2.45) is 0 Å². The number of halogens is 4. The average Bonchev–Trinajstić information content (AvgIpc) is 3.26. The van der Waals surface area contributed by atoms with Crippen LogP contribution in [0.5, 0.6) is 0 Å². The highest BCUT2D eigenvalue weighted by Gasteiger charge is 2.38. The van der Waals surface area contributed by atoms with Crippen molar-refractivity contribution in [2.45, 2.75) is 36.9 Å². The fourth-order valence-electron chi connectivity index (χ4n) is 3.92. The van der Waals surface area contributed by atoms with E-state index >= 15 is 0 Å². The second-order valence-corrected chi connectivity index (χ2v) is 10.0. The normalized spacial score (nSPS) is 19.4. The number of hydrogen-bond donors (Lipinski definition) is 2. The minimum Gasteiger partial charge on any atom is -0.475 e. The summed E-state index contributed by atoms with van der Waals surface area (Å²) in [4.78, 5) is 25.7. The molecule has 198 valence electrons. The zero-order valence-electron chi connectivity index (χ0n) is 19.3. The van der Waals surface area contributed by atoms with Gasteiger partial charge in [0.15, 0.2) is 0 Å². The molecule has 35 heavy (non-hydrogen) atoms. The first-order chi connectivity index (χ1) is 16.4. The summed E-state index contributed by atoms with van der Waals surface area (Å²) in [5, 5.41) is 10.3. The van der Waals surface area contributed by atoms with E-state index in [0.717, 1.165) is 38.1 Å². The molecule has 1 unspecified atom stereocenters. The van der Waals surface area contributed by atoms with E-state index in [-0.39, 0.29) is 29.9 Å². The van der Waals surface area contributed by atoms with Gasteiger partial charge in [0.2, 0.25) is 15.9 Å². The molecule has 1 atom stereocenters. The molecule has 9 nitrogen and oxygen atoms in total. The van der Waals surface area contributed by atoms with Gasteiger partial charge in [-0.3, -0.25) is 9.69 Å². The van der Waals surface area contributed by atoms with Gasteiger partial charge in [-0.05, 0) is 50.2 Å². The third-order valence-corrected chi connectivity index (χ3v) is 7.62. The topological polar surface area (TPSA) is 110 Å². The molecule has 2 saturated heterocycles. The van der Waals surface area contributed by atoms with Crippen molar-refractivity contribution in [2.75, 3.05) is 52.4 Å². The van der Waals surface area contributed by atoms with Gasteiger partial charge in [-0.2, -0.15) is 17.5 Å². The molecule has 1 aromatic rings. The lowest BCUT2D eigenvalue weighted by Gasteiger charge is -2.32. The molecule has 3 rings (SSSR count). The lowest BCUT2D eigenvalue weighted by Crippen LogP contribution is -2.52. The maximum atomic E-state index is 13.3. The highest BCUT2D eigenvalue weighted by atomic mass is 32.2. The summed E-state index contributed by atoms with van der Waals surface area (Å²) in [7, 11) is -3.89. The Bertz CT molecular complexity index is 953. The molecule has 0 aromatic heterocycles. The van der Waals surface area contributed by atoms with Crippen molar-refractivity contribution in [1.82, 2.24) is 19.4 Å². The highest BCUT2D eigenvalue weighted by Crippen LogP contribution is 2.22. The zero-order valence-corrected chi connectivity index (χ0v) is 20.1. The second kappa shape index (κ2) is 12.6. The van der Waals surface area contributed by atoms with E-state index in [1.165, 1.54) is 16.4 Å². The summed E-state index contributed by atoms with van der Waals surface area (Å²) in [5.41, 5.74) is 0. The van der Waals surface area contributed by atoms with E-state index < -0.39 is 28.0 Å². The van der Waals surface area contributed by atoms with Gasteiger partial charge in [-0.15, -0.1) is 0 Å². The molecule has 0 saturated carbocycles. The van der Waals surface area contributed by atoms with E-state index in [1.54, 1.807) is 4.90 Å². The molecule has 2 aliphatic rings. The molecule has 2 heterocycles. The van der Waals surface area contributed by atoms with Crippen molar-refractivity contribution in [1.29, 1.82) is 0 Å². The average molecular weight is 527 g/mol. The fraction of sp³-hybridized carbons (Fsp3) is 0.619. The molecule has 2 fully saturated rings. The Morgan fingerprint density at radius 1 is 1.14 bits per heavy atom. The van der Waals surface area contributed by atoms with Crippen LogP contribution in [0.3, 0.4) is 0 Å². The second-order valence-electron chi connectivity index (χ2n) is 8.11. The number of rotatable bonds is 7. The Morgan fingerprint density at radius 2 is 1.71 bits per heavy atom. The summed E-state index contributed by atoms with van der Waals surface area (Å²) in [6.07, 6.45) is -3.15. The van der Waals surface area contributed by atoms with E-state index in [9.17, 15) is 30.8 Å². The first-order valence-electron chi connectivity index (χ1n) is 11.1.